The van der Waals surface area contributed by atoms with E-state index in [2.05, 4.69) is 4.98 Å². The van der Waals surface area contributed by atoms with Crippen LogP contribution in [0.3, 0.4) is 0 Å². The standard InChI is InChI=1S/C18H11FN2O/c19-13-9-7-12(8-10-13)17-16-6-3-11-21(16)18(22)14-4-1-2-5-15(14)20-17/h1-11H. The first-order valence-electron chi connectivity index (χ1n) is 6.90. The number of nitrogens with zero attached hydrogens (tertiary/aromatic N) is 2. The first-order valence-corrected chi connectivity index (χ1v) is 6.90. The molecule has 4 rings (SSSR count). The quantitative estimate of drug-likeness (QED) is 0.536. The van der Waals surface area contributed by atoms with Gasteiger partial charge in [0.1, 0.15) is 5.82 Å². The molecule has 106 valence electrons. The normalized spacial score (nSPS) is 11.1. The van der Waals surface area contributed by atoms with Crippen LogP contribution in [0.4, 0.5) is 4.39 Å². The Balaban J connectivity index is 2.21. The summed E-state index contributed by atoms with van der Waals surface area (Å²) in [5.74, 6) is -0.301. The van der Waals surface area contributed by atoms with Crippen LogP contribution in [0, 0.1) is 5.82 Å². The fraction of sp³-hybridized carbons (Fsp3) is 0. The predicted octanol–water partition coefficient (Wildman–Crippen LogP) is 3.65. The zero-order valence-corrected chi connectivity index (χ0v) is 11.5. The van der Waals surface area contributed by atoms with Crippen molar-refractivity contribution in [2.45, 2.75) is 0 Å². The second-order valence-corrected chi connectivity index (χ2v) is 5.05. The van der Waals surface area contributed by atoms with Gasteiger partial charge in [-0.05, 0) is 48.5 Å². The van der Waals surface area contributed by atoms with Crippen molar-refractivity contribution < 1.29 is 4.39 Å². The van der Waals surface area contributed by atoms with Crippen LogP contribution in [0.2, 0.25) is 0 Å². The van der Waals surface area contributed by atoms with Crippen LogP contribution in [0.25, 0.3) is 27.7 Å². The van der Waals surface area contributed by atoms with Gasteiger partial charge in [0, 0.05) is 11.8 Å². The number of hydrogen-bond donors (Lipinski definition) is 0. The maximum Gasteiger partial charge on any atom is 0.264 e. The maximum atomic E-state index is 13.2. The van der Waals surface area contributed by atoms with Crippen LogP contribution in [0.15, 0.2) is 71.7 Å². The molecule has 22 heavy (non-hydrogen) atoms. The van der Waals surface area contributed by atoms with Crippen molar-refractivity contribution in [1.82, 2.24) is 9.38 Å². The molecule has 0 saturated carbocycles. The zero-order valence-electron chi connectivity index (χ0n) is 11.5. The summed E-state index contributed by atoms with van der Waals surface area (Å²) < 4.78 is 14.7. The summed E-state index contributed by atoms with van der Waals surface area (Å²) in [6.07, 6.45) is 1.72. The Labute approximate surface area is 125 Å². The lowest BCUT2D eigenvalue weighted by Crippen LogP contribution is -2.08. The van der Waals surface area contributed by atoms with Crippen LogP contribution in [0.1, 0.15) is 0 Å². The minimum Gasteiger partial charge on any atom is -0.282 e. The summed E-state index contributed by atoms with van der Waals surface area (Å²) in [5, 5.41) is 0.553. The van der Waals surface area contributed by atoms with Crippen molar-refractivity contribution in [3.05, 3.63) is 83.0 Å². The fourth-order valence-corrected chi connectivity index (χ4v) is 2.63. The summed E-state index contributed by atoms with van der Waals surface area (Å²) in [7, 11) is 0. The van der Waals surface area contributed by atoms with Gasteiger partial charge in [0.25, 0.3) is 5.56 Å². The van der Waals surface area contributed by atoms with E-state index in [9.17, 15) is 9.18 Å². The van der Waals surface area contributed by atoms with E-state index in [0.717, 1.165) is 5.56 Å². The van der Waals surface area contributed by atoms with Gasteiger partial charge in [0.15, 0.2) is 0 Å². The predicted molar refractivity (Wildman–Crippen MR) is 84.4 cm³/mol. The molecule has 0 aliphatic rings. The maximum absolute atomic E-state index is 13.2. The average molecular weight is 290 g/mol. The number of aromatic nitrogens is 2. The molecule has 0 spiro atoms. The number of rotatable bonds is 1. The molecular weight excluding hydrogens is 279 g/mol. The number of benzene rings is 2. The lowest BCUT2D eigenvalue weighted by molar-refractivity contribution is 0.628. The molecule has 0 saturated heterocycles. The van der Waals surface area contributed by atoms with Gasteiger partial charge in [0.2, 0.25) is 0 Å². The van der Waals surface area contributed by atoms with E-state index >= 15 is 0 Å². The Bertz CT molecular complexity index is 1050. The molecule has 3 nitrogen and oxygen atoms in total. The van der Waals surface area contributed by atoms with Gasteiger partial charge >= 0.3 is 0 Å². The van der Waals surface area contributed by atoms with Gasteiger partial charge < -0.3 is 0 Å². The Morgan fingerprint density at radius 2 is 1.68 bits per heavy atom. The molecule has 4 heteroatoms. The highest BCUT2D eigenvalue weighted by molar-refractivity contribution is 5.84. The van der Waals surface area contributed by atoms with Gasteiger partial charge in [-0.1, -0.05) is 12.1 Å². The average Bonchev–Trinajstić information content (AvgIpc) is 2.99. The lowest BCUT2D eigenvalue weighted by Gasteiger charge is -2.00. The molecule has 0 aliphatic heterocycles. The molecule has 0 fully saturated rings. The molecule has 2 heterocycles. The molecule has 0 unspecified atom stereocenters. The van der Waals surface area contributed by atoms with E-state index in [1.807, 2.05) is 24.3 Å². The molecule has 2 aromatic heterocycles. The van der Waals surface area contributed by atoms with E-state index in [-0.39, 0.29) is 11.4 Å². The highest BCUT2D eigenvalue weighted by Crippen LogP contribution is 2.23. The van der Waals surface area contributed by atoms with Gasteiger partial charge in [-0.3, -0.25) is 9.20 Å². The van der Waals surface area contributed by atoms with E-state index < -0.39 is 0 Å². The Morgan fingerprint density at radius 1 is 0.909 bits per heavy atom. The first kappa shape index (κ1) is 12.7. The summed E-state index contributed by atoms with van der Waals surface area (Å²) >= 11 is 0. The van der Waals surface area contributed by atoms with Crippen molar-refractivity contribution >= 4 is 16.4 Å². The van der Waals surface area contributed by atoms with Gasteiger partial charge in [-0.25, -0.2) is 9.37 Å². The van der Waals surface area contributed by atoms with E-state index in [4.69, 9.17) is 0 Å². The van der Waals surface area contributed by atoms with E-state index in [1.165, 1.54) is 12.1 Å². The summed E-state index contributed by atoms with van der Waals surface area (Å²) in [6.45, 7) is 0. The third-order valence-electron chi connectivity index (χ3n) is 3.69. The Kier molecular flexibility index (Phi) is 2.76. The molecule has 0 aliphatic carbocycles. The van der Waals surface area contributed by atoms with E-state index in [0.29, 0.717) is 22.1 Å². The van der Waals surface area contributed by atoms with Crippen molar-refractivity contribution in [2.75, 3.05) is 0 Å². The summed E-state index contributed by atoms with van der Waals surface area (Å²) in [6, 6.07) is 17.0. The minimum atomic E-state index is -0.301. The number of fused-ring (bicyclic) bond motifs is 2. The molecular formula is C18H11FN2O. The molecule has 0 atom stereocenters. The van der Waals surface area contributed by atoms with Crippen LogP contribution < -0.4 is 5.56 Å². The molecule has 0 N–H and O–H groups in total. The Morgan fingerprint density at radius 3 is 2.50 bits per heavy atom. The SMILES string of the molecule is O=c1c2ccccc2nc(-c2ccc(F)cc2)c2cccn12. The summed E-state index contributed by atoms with van der Waals surface area (Å²) in [5.41, 5.74) is 2.63. The highest BCUT2D eigenvalue weighted by atomic mass is 19.1. The molecule has 4 aromatic rings. The second kappa shape index (κ2) is 4.77. The minimum absolute atomic E-state index is 0.114. The number of para-hydroxylation sites is 1. The van der Waals surface area contributed by atoms with Gasteiger partial charge in [-0.2, -0.15) is 0 Å². The molecule has 0 radical (unpaired) electrons. The van der Waals surface area contributed by atoms with Gasteiger partial charge in [-0.15, -0.1) is 0 Å². The lowest BCUT2D eigenvalue weighted by atomic mass is 10.1. The van der Waals surface area contributed by atoms with Crippen molar-refractivity contribution in [1.29, 1.82) is 0 Å². The molecule has 0 amide bonds. The topological polar surface area (TPSA) is 34.4 Å². The molecule has 0 bridgehead atoms. The third-order valence-corrected chi connectivity index (χ3v) is 3.69. The van der Waals surface area contributed by atoms with Crippen LogP contribution >= 0.6 is 0 Å². The first-order chi connectivity index (χ1) is 10.7. The van der Waals surface area contributed by atoms with Gasteiger partial charge in [0.05, 0.1) is 22.1 Å². The van der Waals surface area contributed by atoms with Crippen LogP contribution in [-0.4, -0.2) is 9.38 Å². The van der Waals surface area contributed by atoms with E-state index in [1.54, 1.807) is 34.9 Å². The number of halogens is 1. The third kappa shape index (κ3) is 1.89. The molecule has 2 aromatic carbocycles. The number of hydrogen-bond acceptors (Lipinski definition) is 2. The highest BCUT2D eigenvalue weighted by Gasteiger charge is 2.10. The van der Waals surface area contributed by atoms with Crippen molar-refractivity contribution in [3.63, 3.8) is 0 Å². The van der Waals surface area contributed by atoms with Crippen molar-refractivity contribution in [3.8, 4) is 11.3 Å². The monoisotopic (exact) mass is 290 g/mol. The smallest absolute Gasteiger partial charge is 0.264 e. The largest absolute Gasteiger partial charge is 0.282 e. The van der Waals surface area contributed by atoms with Crippen molar-refractivity contribution in [2.24, 2.45) is 0 Å². The zero-order chi connectivity index (χ0) is 15.1. The van der Waals surface area contributed by atoms with Crippen LogP contribution in [0.5, 0.6) is 0 Å². The Hall–Kier alpha value is -3.01. The van der Waals surface area contributed by atoms with Crippen LogP contribution in [-0.2, 0) is 0 Å². The summed E-state index contributed by atoms with van der Waals surface area (Å²) in [4.78, 5) is 17.3. The fourth-order valence-electron chi connectivity index (χ4n) is 2.63. The second-order valence-electron chi connectivity index (χ2n) is 5.05.